The second-order valence-electron chi connectivity index (χ2n) is 5.62. The maximum absolute atomic E-state index is 11.3. The molecule has 0 aliphatic carbocycles. The van der Waals surface area contributed by atoms with Crippen molar-refractivity contribution in [2.24, 2.45) is 0 Å². The van der Waals surface area contributed by atoms with Gasteiger partial charge < -0.3 is 18.9 Å². The zero-order chi connectivity index (χ0) is 17.1. The lowest BCUT2D eigenvalue weighted by atomic mass is 9.91. The summed E-state index contributed by atoms with van der Waals surface area (Å²) >= 11 is 0. The van der Waals surface area contributed by atoms with Crippen LogP contribution in [0, 0.1) is 0 Å². The van der Waals surface area contributed by atoms with Crippen molar-refractivity contribution < 1.29 is 23.7 Å². The zero-order valence-electron chi connectivity index (χ0n) is 13.9. The summed E-state index contributed by atoms with van der Waals surface area (Å²) in [5.41, 5.74) is 1.99. The summed E-state index contributed by atoms with van der Waals surface area (Å²) < 4.78 is 21.9. The quantitative estimate of drug-likeness (QED) is 0.787. The summed E-state index contributed by atoms with van der Waals surface area (Å²) in [6, 6.07) is 13.4. The number of hydrogen-bond acceptors (Lipinski definition) is 5. The first kappa shape index (κ1) is 16.2. The van der Waals surface area contributed by atoms with Gasteiger partial charge in [-0.25, -0.2) is 0 Å². The molecule has 0 amide bonds. The number of esters is 1. The van der Waals surface area contributed by atoms with Crippen molar-refractivity contribution in [1.29, 1.82) is 0 Å². The van der Waals surface area contributed by atoms with E-state index in [-0.39, 0.29) is 24.6 Å². The van der Waals surface area contributed by atoms with Gasteiger partial charge in [-0.1, -0.05) is 12.1 Å². The van der Waals surface area contributed by atoms with Gasteiger partial charge in [0.05, 0.1) is 20.1 Å². The highest BCUT2D eigenvalue weighted by molar-refractivity contribution is 5.66. The SMILES string of the molecule is COc1ccc([C@@H]2Oc3ccc(OC)cc3[C@H]2COC(C)=O)cc1. The van der Waals surface area contributed by atoms with E-state index in [0.717, 1.165) is 28.4 Å². The number of ether oxygens (including phenoxy) is 4. The standard InChI is InChI=1S/C19H20O5/c1-12(20)23-11-17-16-10-15(22-3)8-9-18(16)24-19(17)13-4-6-14(21-2)7-5-13/h4-10,17,19H,11H2,1-3H3/t17-,19+/m1/s1. The van der Waals surface area contributed by atoms with Crippen LogP contribution in [-0.2, 0) is 9.53 Å². The highest BCUT2D eigenvalue weighted by Gasteiger charge is 2.36. The number of hydrogen-bond donors (Lipinski definition) is 0. The summed E-state index contributed by atoms with van der Waals surface area (Å²) in [6.07, 6.45) is -0.225. The summed E-state index contributed by atoms with van der Waals surface area (Å²) in [6.45, 7) is 1.66. The van der Waals surface area contributed by atoms with E-state index in [1.54, 1.807) is 14.2 Å². The van der Waals surface area contributed by atoms with Crippen LogP contribution >= 0.6 is 0 Å². The molecule has 24 heavy (non-hydrogen) atoms. The van der Waals surface area contributed by atoms with Crippen LogP contribution in [0.25, 0.3) is 0 Å². The lowest BCUT2D eigenvalue weighted by Crippen LogP contribution is -2.17. The fourth-order valence-corrected chi connectivity index (χ4v) is 2.91. The van der Waals surface area contributed by atoms with E-state index in [1.165, 1.54) is 6.92 Å². The van der Waals surface area contributed by atoms with Gasteiger partial charge in [0, 0.05) is 12.5 Å². The Bertz CT molecular complexity index is 723. The molecule has 0 fully saturated rings. The van der Waals surface area contributed by atoms with Gasteiger partial charge in [0.1, 0.15) is 30.0 Å². The van der Waals surface area contributed by atoms with Gasteiger partial charge in [0.15, 0.2) is 0 Å². The predicted octanol–water partition coefficient (Wildman–Crippen LogP) is 3.48. The Balaban J connectivity index is 1.93. The first-order valence-electron chi connectivity index (χ1n) is 7.74. The van der Waals surface area contributed by atoms with Crippen LogP contribution < -0.4 is 14.2 Å². The summed E-state index contributed by atoms with van der Waals surface area (Å²) in [7, 11) is 3.26. The van der Waals surface area contributed by atoms with Crippen LogP contribution in [0.1, 0.15) is 30.1 Å². The molecule has 0 spiro atoms. The van der Waals surface area contributed by atoms with Gasteiger partial charge in [-0.15, -0.1) is 0 Å². The molecule has 0 bridgehead atoms. The van der Waals surface area contributed by atoms with Gasteiger partial charge in [0.25, 0.3) is 0 Å². The number of carbonyl (C=O) groups is 1. The predicted molar refractivity (Wildman–Crippen MR) is 88.7 cm³/mol. The van der Waals surface area contributed by atoms with Gasteiger partial charge in [-0.3, -0.25) is 4.79 Å². The van der Waals surface area contributed by atoms with Crippen molar-refractivity contribution in [3.05, 3.63) is 53.6 Å². The molecule has 0 aromatic heterocycles. The average Bonchev–Trinajstić information content (AvgIpc) is 2.97. The smallest absolute Gasteiger partial charge is 0.302 e. The molecule has 0 saturated heterocycles. The van der Waals surface area contributed by atoms with Crippen molar-refractivity contribution in [1.82, 2.24) is 0 Å². The Labute approximate surface area is 141 Å². The molecule has 2 aromatic rings. The van der Waals surface area contributed by atoms with E-state index >= 15 is 0 Å². The fourth-order valence-electron chi connectivity index (χ4n) is 2.91. The molecule has 1 aliphatic heterocycles. The molecular weight excluding hydrogens is 308 g/mol. The number of methoxy groups -OCH3 is 2. The molecule has 2 aromatic carbocycles. The Morgan fingerprint density at radius 3 is 2.33 bits per heavy atom. The molecule has 5 nitrogen and oxygen atoms in total. The van der Waals surface area contributed by atoms with Gasteiger partial charge >= 0.3 is 5.97 Å². The van der Waals surface area contributed by atoms with E-state index in [4.69, 9.17) is 18.9 Å². The van der Waals surface area contributed by atoms with Crippen LogP contribution in [0.5, 0.6) is 17.2 Å². The summed E-state index contributed by atoms with van der Waals surface area (Å²) in [5.74, 6) is 1.93. The van der Waals surface area contributed by atoms with Crippen LogP contribution in [0.15, 0.2) is 42.5 Å². The lowest BCUT2D eigenvalue weighted by molar-refractivity contribution is -0.141. The molecule has 0 saturated carbocycles. The van der Waals surface area contributed by atoms with E-state index in [0.29, 0.717) is 0 Å². The average molecular weight is 328 g/mol. The molecule has 3 rings (SSSR count). The monoisotopic (exact) mass is 328 g/mol. The van der Waals surface area contributed by atoms with Crippen molar-refractivity contribution in [2.45, 2.75) is 18.9 Å². The van der Waals surface area contributed by atoms with E-state index in [1.807, 2.05) is 42.5 Å². The van der Waals surface area contributed by atoms with Crippen molar-refractivity contribution in [2.75, 3.05) is 20.8 Å². The lowest BCUT2D eigenvalue weighted by Gasteiger charge is -2.19. The van der Waals surface area contributed by atoms with Crippen molar-refractivity contribution in [3.63, 3.8) is 0 Å². The highest BCUT2D eigenvalue weighted by atomic mass is 16.5. The van der Waals surface area contributed by atoms with E-state index < -0.39 is 0 Å². The molecule has 126 valence electrons. The molecule has 0 radical (unpaired) electrons. The minimum atomic E-state index is -0.306. The first-order chi connectivity index (χ1) is 11.6. The van der Waals surface area contributed by atoms with Gasteiger partial charge in [0.2, 0.25) is 0 Å². The largest absolute Gasteiger partial charge is 0.497 e. The molecular formula is C19H20O5. The van der Waals surface area contributed by atoms with E-state index in [2.05, 4.69) is 0 Å². The summed E-state index contributed by atoms with van der Waals surface area (Å²) in [5, 5.41) is 0. The van der Waals surface area contributed by atoms with Crippen molar-refractivity contribution >= 4 is 5.97 Å². The Hall–Kier alpha value is -2.69. The Morgan fingerprint density at radius 1 is 1.04 bits per heavy atom. The molecule has 1 heterocycles. The number of carbonyl (C=O) groups excluding carboxylic acids is 1. The fraction of sp³-hybridized carbons (Fsp3) is 0.316. The molecule has 5 heteroatoms. The molecule has 0 unspecified atom stereocenters. The van der Waals surface area contributed by atoms with Gasteiger partial charge in [-0.2, -0.15) is 0 Å². The normalized spacial score (nSPS) is 18.5. The first-order valence-corrected chi connectivity index (χ1v) is 7.74. The third-order valence-electron chi connectivity index (χ3n) is 4.15. The molecule has 0 N–H and O–H groups in total. The third-order valence-corrected chi connectivity index (χ3v) is 4.15. The van der Waals surface area contributed by atoms with Crippen molar-refractivity contribution in [3.8, 4) is 17.2 Å². The highest BCUT2D eigenvalue weighted by Crippen LogP contribution is 2.47. The number of rotatable bonds is 5. The maximum atomic E-state index is 11.3. The van der Waals surface area contributed by atoms with Crippen LogP contribution in [0.4, 0.5) is 0 Å². The van der Waals surface area contributed by atoms with Crippen LogP contribution in [-0.4, -0.2) is 26.8 Å². The van der Waals surface area contributed by atoms with Crippen LogP contribution in [0.3, 0.4) is 0 Å². The number of fused-ring (bicyclic) bond motifs is 1. The molecule has 1 aliphatic rings. The minimum absolute atomic E-state index is 0.0904. The second kappa shape index (κ2) is 6.83. The minimum Gasteiger partial charge on any atom is -0.497 e. The number of benzene rings is 2. The second-order valence-corrected chi connectivity index (χ2v) is 5.62. The topological polar surface area (TPSA) is 54.0 Å². The van der Waals surface area contributed by atoms with E-state index in [9.17, 15) is 4.79 Å². The maximum Gasteiger partial charge on any atom is 0.302 e. The molecule has 2 atom stereocenters. The zero-order valence-corrected chi connectivity index (χ0v) is 13.9. The Morgan fingerprint density at radius 2 is 1.71 bits per heavy atom. The third kappa shape index (κ3) is 3.15. The Kier molecular flexibility index (Phi) is 4.60. The summed E-state index contributed by atoms with van der Waals surface area (Å²) in [4.78, 5) is 11.3. The van der Waals surface area contributed by atoms with Crippen LogP contribution in [0.2, 0.25) is 0 Å². The van der Waals surface area contributed by atoms with Gasteiger partial charge in [-0.05, 0) is 35.9 Å².